The van der Waals surface area contributed by atoms with Gasteiger partial charge in [0.15, 0.2) is 5.58 Å². The van der Waals surface area contributed by atoms with Crippen LogP contribution < -0.4 is 5.56 Å². The number of aryl methyl sites for hydroxylation is 1. The molecular weight excluding hydrogens is 597 g/mol. The highest BCUT2D eigenvalue weighted by Gasteiger charge is 2.38. The van der Waals surface area contributed by atoms with Gasteiger partial charge in [0.1, 0.15) is 17.4 Å². The fourth-order valence-corrected chi connectivity index (χ4v) is 8.06. The van der Waals surface area contributed by atoms with Gasteiger partial charge in [-0.1, -0.05) is 5.16 Å². The van der Waals surface area contributed by atoms with Crippen molar-refractivity contribution in [1.29, 1.82) is 0 Å². The summed E-state index contributed by atoms with van der Waals surface area (Å²) >= 11 is 1.25. The third-order valence-corrected chi connectivity index (χ3v) is 10.9. The van der Waals surface area contributed by atoms with Gasteiger partial charge in [-0.15, -0.1) is 11.8 Å². The zero-order chi connectivity index (χ0) is 31.7. The first-order valence-electron chi connectivity index (χ1n) is 16.0. The van der Waals surface area contributed by atoms with Gasteiger partial charge in [0.05, 0.1) is 16.7 Å². The number of nitrogens with zero attached hydrogens (tertiary/aromatic N) is 5. The molecule has 0 N–H and O–H groups in total. The summed E-state index contributed by atoms with van der Waals surface area (Å²) in [5.74, 6) is 0.723. The molecule has 2 fully saturated rings. The van der Waals surface area contributed by atoms with Crippen LogP contribution in [0.3, 0.4) is 0 Å². The van der Waals surface area contributed by atoms with Crippen molar-refractivity contribution < 1.29 is 23.3 Å². The molecule has 0 radical (unpaired) electrons. The van der Waals surface area contributed by atoms with E-state index in [-0.39, 0.29) is 53.0 Å². The normalized spacial score (nSPS) is 21.2. The second-order valence-corrected chi connectivity index (χ2v) is 13.8. The molecule has 6 rings (SSSR count). The first-order chi connectivity index (χ1) is 21.7. The molecule has 0 aliphatic carbocycles. The minimum atomic E-state index is -0.467. The van der Waals surface area contributed by atoms with Crippen LogP contribution in [0.1, 0.15) is 86.5 Å². The highest BCUT2D eigenvalue weighted by molar-refractivity contribution is 8.01. The highest BCUT2D eigenvalue weighted by atomic mass is 32.2. The molecule has 2 amide bonds. The van der Waals surface area contributed by atoms with Crippen LogP contribution in [0.15, 0.2) is 27.5 Å². The van der Waals surface area contributed by atoms with Crippen LogP contribution in [0.5, 0.6) is 0 Å². The van der Waals surface area contributed by atoms with Crippen molar-refractivity contribution in [1.82, 2.24) is 24.5 Å². The lowest BCUT2D eigenvalue weighted by Crippen LogP contribution is -2.38. The van der Waals surface area contributed by atoms with Crippen LogP contribution in [-0.4, -0.2) is 79.3 Å². The van der Waals surface area contributed by atoms with E-state index in [9.17, 15) is 23.6 Å². The monoisotopic (exact) mass is 637 g/mol. The van der Waals surface area contributed by atoms with Crippen LogP contribution in [0.4, 0.5) is 4.39 Å². The molecule has 45 heavy (non-hydrogen) atoms. The molecule has 240 valence electrons. The minimum Gasteiger partial charge on any atom is -0.356 e. The summed E-state index contributed by atoms with van der Waals surface area (Å²) in [7, 11) is 0. The molecule has 3 aromatic rings. The zero-order valence-electron chi connectivity index (χ0n) is 25.9. The lowest BCUT2D eigenvalue weighted by atomic mass is 9.91. The molecule has 3 aliphatic heterocycles. The lowest BCUT2D eigenvalue weighted by molar-refractivity contribution is -0.138. The molecule has 5 heterocycles. The summed E-state index contributed by atoms with van der Waals surface area (Å²) < 4.78 is 20.8. The maximum Gasteiger partial charge on any atom is 0.256 e. The standard InChI is InChI=1S/C33H40FN5O5S/c1-20(40)19-45-28-18-29(41)38(33(28)43)12-3-5-23-6-4-13-39-31(23)35-21(2)25(32(39)42)11-16-37-14-9-22(10-15-37)30-26-8-7-24(34)17-27(26)44-36-30/h7-8,17,22-23,28H,3-6,9-16,18-19H2,1-2H3. The molecular formula is C33H40FN5O5S. The molecule has 10 nitrogen and oxygen atoms in total. The number of amides is 2. The van der Waals surface area contributed by atoms with Gasteiger partial charge in [-0.05, 0) is 84.0 Å². The van der Waals surface area contributed by atoms with Gasteiger partial charge in [-0.25, -0.2) is 9.37 Å². The average Bonchev–Trinajstić information content (AvgIpc) is 3.55. The number of halogens is 1. The molecule has 2 atom stereocenters. The Kier molecular flexibility index (Phi) is 9.51. The topological polar surface area (TPSA) is 119 Å². The van der Waals surface area contributed by atoms with E-state index >= 15 is 0 Å². The van der Waals surface area contributed by atoms with Gasteiger partial charge < -0.3 is 9.42 Å². The third-order valence-electron chi connectivity index (χ3n) is 9.54. The number of hydrogen-bond donors (Lipinski definition) is 0. The van der Waals surface area contributed by atoms with Crippen LogP contribution in [0.2, 0.25) is 0 Å². The Balaban J connectivity index is 1.03. The lowest BCUT2D eigenvalue weighted by Gasteiger charge is -2.31. The number of aromatic nitrogens is 3. The Morgan fingerprint density at radius 1 is 1.11 bits per heavy atom. The van der Waals surface area contributed by atoms with Gasteiger partial charge in [0.25, 0.3) is 5.56 Å². The summed E-state index contributed by atoms with van der Waals surface area (Å²) in [5.41, 5.74) is 2.99. The van der Waals surface area contributed by atoms with Gasteiger partial charge in [0.2, 0.25) is 11.8 Å². The number of piperidine rings is 1. The van der Waals surface area contributed by atoms with E-state index in [0.29, 0.717) is 31.5 Å². The number of ketones is 1. The van der Waals surface area contributed by atoms with E-state index < -0.39 is 5.25 Å². The first kappa shape index (κ1) is 31.6. The SMILES string of the molecule is CC(=O)CSC1CC(=O)N(CCCC2CCCn3c2nc(C)c(CCN2CCC(c4noc5cc(F)ccc45)CC2)c3=O)C1=O. The second-order valence-electron chi connectivity index (χ2n) is 12.6. The van der Waals surface area contributed by atoms with Crippen LogP contribution in [-0.2, 0) is 27.3 Å². The molecule has 2 aromatic heterocycles. The Labute approximate surface area is 265 Å². The summed E-state index contributed by atoms with van der Waals surface area (Å²) in [6.45, 7) is 6.98. The van der Waals surface area contributed by atoms with Crippen molar-refractivity contribution in [2.75, 3.05) is 31.9 Å². The van der Waals surface area contributed by atoms with Crippen molar-refractivity contribution >= 4 is 40.3 Å². The quantitative estimate of drug-likeness (QED) is 0.283. The highest BCUT2D eigenvalue weighted by Crippen LogP contribution is 2.34. The van der Waals surface area contributed by atoms with Crippen LogP contribution in [0.25, 0.3) is 11.0 Å². The van der Waals surface area contributed by atoms with Crippen LogP contribution >= 0.6 is 11.8 Å². The van der Waals surface area contributed by atoms with Crippen molar-refractivity contribution in [3.63, 3.8) is 0 Å². The molecule has 2 saturated heterocycles. The molecule has 3 aliphatic rings. The molecule has 0 saturated carbocycles. The number of imide groups is 1. The molecule has 1 aromatic carbocycles. The van der Waals surface area contributed by atoms with Gasteiger partial charge >= 0.3 is 0 Å². The van der Waals surface area contributed by atoms with E-state index in [1.807, 2.05) is 11.5 Å². The van der Waals surface area contributed by atoms with E-state index in [2.05, 4.69) is 10.1 Å². The Hall–Kier alpha value is -3.38. The number of Topliss-reactive ketones (excluding diaryl/α,β-unsaturated/α-hetero) is 1. The molecule has 2 unspecified atom stereocenters. The fourth-order valence-electron chi connectivity index (χ4n) is 7.09. The van der Waals surface area contributed by atoms with E-state index in [1.54, 1.807) is 6.07 Å². The molecule has 0 spiro atoms. The summed E-state index contributed by atoms with van der Waals surface area (Å²) in [5, 5.41) is 4.66. The molecule has 12 heteroatoms. The number of benzene rings is 1. The summed E-state index contributed by atoms with van der Waals surface area (Å²) in [4.78, 5) is 58.9. The number of carbonyl (C=O) groups excluding carboxylic acids is 3. The van der Waals surface area contributed by atoms with E-state index in [1.165, 1.54) is 35.7 Å². The number of carbonyl (C=O) groups is 3. The van der Waals surface area contributed by atoms with E-state index in [4.69, 9.17) is 9.51 Å². The molecule has 0 bridgehead atoms. The smallest absolute Gasteiger partial charge is 0.256 e. The Bertz CT molecular complexity index is 1660. The Morgan fingerprint density at radius 2 is 1.91 bits per heavy atom. The predicted molar refractivity (Wildman–Crippen MR) is 169 cm³/mol. The first-order valence-corrected chi connectivity index (χ1v) is 17.1. The van der Waals surface area contributed by atoms with Gasteiger partial charge in [0, 0.05) is 60.6 Å². The zero-order valence-corrected chi connectivity index (χ0v) is 26.7. The van der Waals surface area contributed by atoms with Crippen molar-refractivity contribution in [3.05, 3.63) is 57.1 Å². The number of likely N-dealkylation sites (tertiary alicyclic amines) is 2. The number of thioether (sulfide) groups is 1. The van der Waals surface area contributed by atoms with Crippen molar-refractivity contribution in [2.45, 2.75) is 88.8 Å². The minimum absolute atomic E-state index is 0.00552. The largest absolute Gasteiger partial charge is 0.356 e. The average molecular weight is 638 g/mol. The van der Waals surface area contributed by atoms with E-state index in [0.717, 1.165) is 79.9 Å². The number of rotatable bonds is 11. The fraction of sp³-hybridized carbons (Fsp3) is 0.576. The maximum atomic E-state index is 13.7. The second kappa shape index (κ2) is 13.5. The van der Waals surface area contributed by atoms with Gasteiger partial charge in [-0.3, -0.25) is 28.6 Å². The summed E-state index contributed by atoms with van der Waals surface area (Å²) in [6.07, 6.45) is 5.86. The van der Waals surface area contributed by atoms with Crippen molar-refractivity contribution in [3.8, 4) is 0 Å². The van der Waals surface area contributed by atoms with Gasteiger partial charge in [-0.2, -0.15) is 0 Å². The number of fused-ring (bicyclic) bond motifs is 2. The number of hydrogen-bond acceptors (Lipinski definition) is 9. The summed E-state index contributed by atoms with van der Waals surface area (Å²) in [6, 6.07) is 4.57. The Morgan fingerprint density at radius 3 is 2.69 bits per heavy atom. The van der Waals surface area contributed by atoms with Crippen molar-refractivity contribution in [2.24, 2.45) is 0 Å². The maximum absolute atomic E-state index is 13.7. The predicted octanol–water partition coefficient (Wildman–Crippen LogP) is 4.36. The third kappa shape index (κ3) is 6.77. The van der Waals surface area contributed by atoms with Crippen LogP contribution in [0, 0.1) is 12.7 Å².